The molecule has 0 aliphatic carbocycles. The topological polar surface area (TPSA) is 49.9 Å². The minimum absolute atomic E-state index is 0.00771. The van der Waals surface area contributed by atoms with Crippen LogP contribution in [0.2, 0.25) is 0 Å². The second-order valence-corrected chi connectivity index (χ2v) is 8.01. The van der Waals surface area contributed by atoms with Crippen LogP contribution in [0, 0.1) is 13.8 Å². The first-order valence-corrected chi connectivity index (χ1v) is 10.3. The number of ether oxygens (including phenoxy) is 1. The summed E-state index contributed by atoms with van der Waals surface area (Å²) in [5.74, 6) is 0.701. The number of hydrogen-bond donors (Lipinski definition) is 0. The second kappa shape index (κ2) is 9.24. The van der Waals surface area contributed by atoms with Gasteiger partial charge in [0.05, 0.1) is 0 Å². The molecule has 0 spiro atoms. The van der Waals surface area contributed by atoms with Gasteiger partial charge in [0.25, 0.3) is 11.8 Å². The molecular weight excluding hydrogens is 420 g/mol. The molecule has 3 rings (SSSR count). The lowest BCUT2D eigenvalue weighted by atomic mass is 10.1. The summed E-state index contributed by atoms with van der Waals surface area (Å²) < 4.78 is 6.67. The monoisotopic (exact) mass is 444 g/mol. The molecule has 148 valence electrons. The number of carbonyl (C=O) groups excluding carboxylic acids is 2. The fraction of sp³-hybridized carbons (Fsp3) is 0.364. The standard InChI is InChI=1S/C22H25BrN2O3/c1-16-4-9-20(17(2)14-16)28-15-21(26)24-10-3-11-25(13-12-24)22(27)18-5-7-19(23)8-6-18/h4-9,14H,3,10-13,15H2,1-2H3. The molecule has 2 aromatic rings. The lowest BCUT2D eigenvalue weighted by molar-refractivity contribution is -0.133. The van der Waals surface area contributed by atoms with Crippen LogP contribution in [0.5, 0.6) is 5.75 Å². The number of nitrogens with zero attached hydrogens (tertiary/aromatic N) is 2. The molecule has 0 radical (unpaired) electrons. The number of benzene rings is 2. The number of aryl methyl sites for hydroxylation is 2. The van der Waals surface area contributed by atoms with Gasteiger partial charge in [0.15, 0.2) is 6.61 Å². The Hall–Kier alpha value is -2.34. The van der Waals surface area contributed by atoms with Crippen molar-refractivity contribution in [3.05, 3.63) is 63.6 Å². The van der Waals surface area contributed by atoms with E-state index in [1.165, 1.54) is 5.56 Å². The van der Waals surface area contributed by atoms with Crippen LogP contribution in [0.1, 0.15) is 27.9 Å². The van der Waals surface area contributed by atoms with Gasteiger partial charge in [-0.2, -0.15) is 0 Å². The van der Waals surface area contributed by atoms with Crippen LogP contribution >= 0.6 is 15.9 Å². The fourth-order valence-electron chi connectivity index (χ4n) is 3.34. The Bertz CT molecular complexity index is 851. The Labute approximate surface area is 174 Å². The van der Waals surface area contributed by atoms with Crippen molar-refractivity contribution in [3.63, 3.8) is 0 Å². The van der Waals surface area contributed by atoms with Gasteiger partial charge in [0.1, 0.15) is 5.75 Å². The lowest BCUT2D eigenvalue weighted by Crippen LogP contribution is -2.39. The molecule has 1 aliphatic rings. The van der Waals surface area contributed by atoms with Crippen LogP contribution < -0.4 is 4.74 Å². The molecule has 2 amide bonds. The van der Waals surface area contributed by atoms with Crippen LogP contribution in [-0.2, 0) is 4.79 Å². The SMILES string of the molecule is Cc1ccc(OCC(=O)N2CCCN(C(=O)c3ccc(Br)cc3)CC2)c(C)c1. The van der Waals surface area contributed by atoms with Gasteiger partial charge >= 0.3 is 0 Å². The molecule has 28 heavy (non-hydrogen) atoms. The van der Waals surface area contributed by atoms with E-state index in [-0.39, 0.29) is 18.4 Å². The van der Waals surface area contributed by atoms with E-state index in [0.29, 0.717) is 31.7 Å². The molecular formula is C22H25BrN2O3. The third-order valence-corrected chi connectivity index (χ3v) is 5.44. The Morgan fingerprint density at radius 1 is 0.964 bits per heavy atom. The van der Waals surface area contributed by atoms with Crippen molar-refractivity contribution < 1.29 is 14.3 Å². The van der Waals surface area contributed by atoms with Gasteiger partial charge in [0, 0.05) is 36.2 Å². The van der Waals surface area contributed by atoms with E-state index < -0.39 is 0 Å². The molecule has 0 bridgehead atoms. The first-order valence-electron chi connectivity index (χ1n) is 9.47. The van der Waals surface area contributed by atoms with E-state index in [0.717, 1.165) is 22.2 Å². The first-order chi connectivity index (χ1) is 13.4. The zero-order valence-electron chi connectivity index (χ0n) is 16.3. The molecule has 1 heterocycles. The summed E-state index contributed by atoms with van der Waals surface area (Å²) in [6.07, 6.45) is 0.761. The number of carbonyl (C=O) groups is 2. The highest BCUT2D eigenvalue weighted by atomic mass is 79.9. The van der Waals surface area contributed by atoms with Crippen molar-refractivity contribution in [2.75, 3.05) is 32.8 Å². The Morgan fingerprint density at radius 2 is 1.64 bits per heavy atom. The van der Waals surface area contributed by atoms with Gasteiger partial charge in [-0.25, -0.2) is 0 Å². The Morgan fingerprint density at radius 3 is 2.36 bits per heavy atom. The van der Waals surface area contributed by atoms with Crippen LogP contribution in [0.3, 0.4) is 0 Å². The Kier molecular flexibility index (Phi) is 6.73. The summed E-state index contributed by atoms with van der Waals surface area (Å²) in [7, 11) is 0. The molecule has 1 aliphatic heterocycles. The van der Waals surface area contributed by atoms with Gasteiger partial charge in [-0.05, 0) is 56.2 Å². The summed E-state index contributed by atoms with van der Waals surface area (Å²) in [6.45, 7) is 6.37. The average Bonchev–Trinajstić information content (AvgIpc) is 2.93. The summed E-state index contributed by atoms with van der Waals surface area (Å²) in [5.41, 5.74) is 2.86. The number of halogens is 1. The van der Waals surface area contributed by atoms with Gasteiger partial charge in [-0.15, -0.1) is 0 Å². The van der Waals surface area contributed by atoms with Crippen molar-refractivity contribution in [3.8, 4) is 5.75 Å². The van der Waals surface area contributed by atoms with Crippen LogP contribution in [0.25, 0.3) is 0 Å². The molecule has 2 aromatic carbocycles. The average molecular weight is 445 g/mol. The normalized spacial score (nSPS) is 14.5. The maximum atomic E-state index is 12.7. The fourth-order valence-corrected chi connectivity index (χ4v) is 3.60. The van der Waals surface area contributed by atoms with E-state index in [1.807, 2.05) is 61.2 Å². The predicted molar refractivity (Wildman–Crippen MR) is 113 cm³/mol. The molecule has 6 heteroatoms. The summed E-state index contributed by atoms with van der Waals surface area (Å²) in [4.78, 5) is 28.9. The molecule has 0 unspecified atom stereocenters. The minimum atomic E-state index is -0.0436. The molecule has 0 aromatic heterocycles. The molecule has 1 saturated heterocycles. The molecule has 0 N–H and O–H groups in total. The maximum Gasteiger partial charge on any atom is 0.260 e. The van der Waals surface area contributed by atoms with Crippen molar-refractivity contribution in [2.45, 2.75) is 20.3 Å². The van der Waals surface area contributed by atoms with Crippen LogP contribution in [0.15, 0.2) is 46.9 Å². The summed E-state index contributed by atoms with van der Waals surface area (Å²) >= 11 is 3.39. The molecule has 0 saturated carbocycles. The van der Waals surface area contributed by atoms with E-state index in [9.17, 15) is 9.59 Å². The van der Waals surface area contributed by atoms with Crippen LogP contribution in [-0.4, -0.2) is 54.4 Å². The largest absolute Gasteiger partial charge is 0.484 e. The quantitative estimate of drug-likeness (QED) is 0.719. The van der Waals surface area contributed by atoms with Gasteiger partial charge in [0.2, 0.25) is 0 Å². The number of hydrogen-bond acceptors (Lipinski definition) is 3. The predicted octanol–water partition coefficient (Wildman–Crippen LogP) is 3.82. The zero-order chi connectivity index (χ0) is 20.1. The highest BCUT2D eigenvalue weighted by Gasteiger charge is 2.23. The van der Waals surface area contributed by atoms with Gasteiger partial charge in [-0.3, -0.25) is 9.59 Å². The third-order valence-electron chi connectivity index (χ3n) is 4.91. The number of rotatable bonds is 4. The third kappa shape index (κ3) is 5.13. The summed E-state index contributed by atoms with van der Waals surface area (Å²) in [6, 6.07) is 13.3. The maximum absolute atomic E-state index is 12.7. The van der Waals surface area contributed by atoms with Gasteiger partial charge < -0.3 is 14.5 Å². The first kappa shape index (κ1) is 20.4. The second-order valence-electron chi connectivity index (χ2n) is 7.09. The minimum Gasteiger partial charge on any atom is -0.484 e. The molecule has 5 nitrogen and oxygen atoms in total. The van der Waals surface area contributed by atoms with E-state index >= 15 is 0 Å². The van der Waals surface area contributed by atoms with Crippen molar-refractivity contribution in [2.24, 2.45) is 0 Å². The highest BCUT2D eigenvalue weighted by Crippen LogP contribution is 2.19. The van der Waals surface area contributed by atoms with Crippen molar-refractivity contribution in [1.82, 2.24) is 9.80 Å². The van der Waals surface area contributed by atoms with Crippen molar-refractivity contribution in [1.29, 1.82) is 0 Å². The van der Waals surface area contributed by atoms with Gasteiger partial charge in [-0.1, -0.05) is 33.6 Å². The highest BCUT2D eigenvalue weighted by molar-refractivity contribution is 9.10. The zero-order valence-corrected chi connectivity index (χ0v) is 17.9. The smallest absolute Gasteiger partial charge is 0.260 e. The van der Waals surface area contributed by atoms with Crippen LogP contribution in [0.4, 0.5) is 0 Å². The summed E-state index contributed by atoms with van der Waals surface area (Å²) in [5, 5.41) is 0. The number of amides is 2. The van der Waals surface area contributed by atoms with Crippen molar-refractivity contribution >= 4 is 27.7 Å². The van der Waals surface area contributed by atoms with E-state index in [1.54, 1.807) is 4.90 Å². The van der Waals surface area contributed by atoms with E-state index in [2.05, 4.69) is 15.9 Å². The van der Waals surface area contributed by atoms with E-state index in [4.69, 9.17) is 4.74 Å². The molecule has 1 fully saturated rings. The molecule has 0 atom stereocenters. The Balaban J connectivity index is 1.54. The lowest BCUT2D eigenvalue weighted by Gasteiger charge is -2.22.